The molecule has 2 rings (SSSR count). The van der Waals surface area contributed by atoms with E-state index in [-0.39, 0.29) is 6.23 Å². The molecule has 1 unspecified atom stereocenters. The van der Waals surface area contributed by atoms with E-state index >= 15 is 0 Å². The Morgan fingerprint density at radius 3 is 3.00 bits per heavy atom. The molecular formula is C8H12BrN3O. The summed E-state index contributed by atoms with van der Waals surface area (Å²) in [6.45, 7) is 0.807. The van der Waals surface area contributed by atoms with E-state index in [0.29, 0.717) is 5.82 Å². The van der Waals surface area contributed by atoms with Crippen molar-refractivity contribution < 1.29 is 4.74 Å². The van der Waals surface area contributed by atoms with Gasteiger partial charge in [-0.1, -0.05) is 0 Å². The van der Waals surface area contributed by atoms with Crippen molar-refractivity contribution in [3.63, 3.8) is 0 Å². The second-order valence-electron chi connectivity index (χ2n) is 3.14. The predicted molar refractivity (Wildman–Crippen MR) is 53.2 cm³/mol. The number of hydrogen-bond acceptors (Lipinski definition) is 3. The average Bonchev–Trinajstić information content (AvgIpc) is 2.49. The van der Waals surface area contributed by atoms with Gasteiger partial charge in [-0.05, 0) is 35.2 Å². The van der Waals surface area contributed by atoms with Crippen molar-refractivity contribution in [3.05, 3.63) is 10.7 Å². The number of hydrogen-bond donors (Lipinski definition) is 1. The molecule has 0 bridgehead atoms. The van der Waals surface area contributed by atoms with Crippen LogP contribution < -0.4 is 5.73 Å². The summed E-state index contributed by atoms with van der Waals surface area (Å²) < 4.78 is 8.13. The molecule has 1 fully saturated rings. The summed E-state index contributed by atoms with van der Waals surface area (Å²) in [7, 11) is 0. The maximum atomic E-state index is 5.81. The lowest BCUT2D eigenvalue weighted by Gasteiger charge is -2.23. The number of halogens is 1. The Balaban J connectivity index is 2.18. The van der Waals surface area contributed by atoms with E-state index in [9.17, 15) is 0 Å². The largest absolute Gasteiger partial charge is 0.383 e. The molecule has 1 saturated heterocycles. The molecule has 1 aliphatic heterocycles. The molecule has 1 aliphatic rings. The zero-order valence-corrected chi connectivity index (χ0v) is 8.83. The van der Waals surface area contributed by atoms with Crippen LogP contribution in [0.2, 0.25) is 0 Å². The van der Waals surface area contributed by atoms with Gasteiger partial charge in [-0.25, -0.2) is 4.68 Å². The number of rotatable bonds is 1. The van der Waals surface area contributed by atoms with Crippen LogP contribution in [0.15, 0.2) is 10.7 Å². The van der Waals surface area contributed by atoms with Gasteiger partial charge in [-0.15, -0.1) is 0 Å². The lowest BCUT2D eigenvalue weighted by atomic mass is 10.2. The molecule has 1 atom stereocenters. The molecule has 0 radical (unpaired) electrons. The van der Waals surface area contributed by atoms with Crippen molar-refractivity contribution in [2.75, 3.05) is 12.3 Å². The first kappa shape index (κ1) is 9.02. The molecule has 2 N–H and O–H groups in total. The average molecular weight is 246 g/mol. The topological polar surface area (TPSA) is 53.1 Å². The normalized spacial score (nSPS) is 23.3. The number of nitrogen functional groups attached to an aromatic ring is 1. The third-order valence-electron chi connectivity index (χ3n) is 2.22. The summed E-state index contributed by atoms with van der Waals surface area (Å²) in [6, 6.07) is 0. The Kier molecular flexibility index (Phi) is 2.55. The van der Waals surface area contributed by atoms with Gasteiger partial charge >= 0.3 is 0 Å². The fraction of sp³-hybridized carbons (Fsp3) is 0.625. The van der Waals surface area contributed by atoms with Gasteiger partial charge in [-0.2, -0.15) is 5.10 Å². The van der Waals surface area contributed by atoms with Gasteiger partial charge in [0.2, 0.25) is 0 Å². The molecule has 2 heterocycles. The number of anilines is 1. The van der Waals surface area contributed by atoms with Crippen LogP contribution in [-0.2, 0) is 4.74 Å². The van der Waals surface area contributed by atoms with Crippen LogP contribution in [0.3, 0.4) is 0 Å². The zero-order chi connectivity index (χ0) is 9.26. The molecule has 0 amide bonds. The van der Waals surface area contributed by atoms with Crippen LogP contribution in [0, 0.1) is 0 Å². The molecule has 1 aromatic heterocycles. The highest BCUT2D eigenvalue weighted by Gasteiger charge is 2.19. The first-order valence-electron chi connectivity index (χ1n) is 4.39. The maximum Gasteiger partial charge on any atom is 0.152 e. The summed E-state index contributed by atoms with van der Waals surface area (Å²) in [6.07, 6.45) is 5.05. The quantitative estimate of drug-likeness (QED) is 0.823. The highest BCUT2D eigenvalue weighted by Crippen LogP contribution is 2.27. The van der Waals surface area contributed by atoms with Crippen LogP contribution in [0.25, 0.3) is 0 Å². The van der Waals surface area contributed by atoms with Crippen LogP contribution in [0.4, 0.5) is 5.82 Å². The third kappa shape index (κ3) is 1.71. The van der Waals surface area contributed by atoms with E-state index in [2.05, 4.69) is 21.0 Å². The molecular weight excluding hydrogens is 234 g/mol. The van der Waals surface area contributed by atoms with Crippen LogP contribution in [0.1, 0.15) is 25.5 Å². The van der Waals surface area contributed by atoms with Gasteiger partial charge < -0.3 is 10.5 Å². The monoisotopic (exact) mass is 245 g/mol. The standard InChI is InChI=1S/C8H12BrN3O/c9-6-5-11-12(8(6)10)7-3-1-2-4-13-7/h5,7H,1-4,10H2. The molecule has 72 valence electrons. The molecule has 0 spiro atoms. The first-order chi connectivity index (χ1) is 6.29. The number of ether oxygens (including phenoxy) is 1. The second-order valence-corrected chi connectivity index (χ2v) is 4.00. The van der Waals surface area contributed by atoms with Gasteiger partial charge in [-0.3, -0.25) is 0 Å². The minimum atomic E-state index is 0.0278. The fourth-order valence-electron chi connectivity index (χ4n) is 1.50. The summed E-state index contributed by atoms with van der Waals surface area (Å²) in [4.78, 5) is 0. The van der Waals surface area contributed by atoms with Crippen molar-refractivity contribution in [1.82, 2.24) is 9.78 Å². The van der Waals surface area contributed by atoms with Crippen molar-refractivity contribution in [1.29, 1.82) is 0 Å². The van der Waals surface area contributed by atoms with Gasteiger partial charge in [0, 0.05) is 6.61 Å². The molecule has 0 aromatic carbocycles. The highest BCUT2D eigenvalue weighted by atomic mass is 79.9. The SMILES string of the molecule is Nc1c(Br)cnn1C1CCCCO1. The summed E-state index contributed by atoms with van der Waals surface area (Å²) >= 11 is 3.32. The van der Waals surface area contributed by atoms with Gasteiger partial charge in [0.15, 0.2) is 6.23 Å². The molecule has 13 heavy (non-hydrogen) atoms. The van der Waals surface area contributed by atoms with Gasteiger partial charge in [0.25, 0.3) is 0 Å². The Bertz CT molecular complexity index is 294. The number of nitrogens with zero attached hydrogens (tertiary/aromatic N) is 2. The van der Waals surface area contributed by atoms with Crippen molar-refractivity contribution in [2.24, 2.45) is 0 Å². The predicted octanol–water partition coefficient (Wildman–Crippen LogP) is 1.93. The van der Waals surface area contributed by atoms with Crippen LogP contribution in [0.5, 0.6) is 0 Å². The van der Waals surface area contributed by atoms with Crippen LogP contribution in [-0.4, -0.2) is 16.4 Å². The lowest BCUT2D eigenvalue weighted by molar-refractivity contribution is -0.0380. The van der Waals surface area contributed by atoms with Crippen molar-refractivity contribution in [3.8, 4) is 0 Å². The zero-order valence-electron chi connectivity index (χ0n) is 7.24. The molecule has 4 nitrogen and oxygen atoms in total. The Labute approximate surface area is 85.2 Å². The fourth-order valence-corrected chi connectivity index (χ4v) is 1.77. The number of aromatic nitrogens is 2. The smallest absolute Gasteiger partial charge is 0.152 e. The minimum absolute atomic E-state index is 0.0278. The summed E-state index contributed by atoms with van der Waals surface area (Å²) in [5.74, 6) is 0.645. The van der Waals surface area contributed by atoms with Crippen molar-refractivity contribution >= 4 is 21.7 Å². The first-order valence-corrected chi connectivity index (χ1v) is 5.18. The summed E-state index contributed by atoms with van der Waals surface area (Å²) in [5, 5.41) is 4.16. The van der Waals surface area contributed by atoms with Crippen LogP contribution >= 0.6 is 15.9 Å². The van der Waals surface area contributed by atoms with E-state index in [1.807, 2.05) is 0 Å². The highest BCUT2D eigenvalue weighted by molar-refractivity contribution is 9.10. The number of nitrogens with two attached hydrogens (primary N) is 1. The minimum Gasteiger partial charge on any atom is -0.383 e. The van der Waals surface area contributed by atoms with Crippen molar-refractivity contribution in [2.45, 2.75) is 25.5 Å². The van der Waals surface area contributed by atoms with E-state index in [0.717, 1.165) is 23.9 Å². The maximum absolute atomic E-state index is 5.81. The van der Waals surface area contributed by atoms with E-state index in [1.54, 1.807) is 10.9 Å². The lowest BCUT2D eigenvalue weighted by Crippen LogP contribution is -2.20. The molecule has 0 aliphatic carbocycles. The van der Waals surface area contributed by atoms with Gasteiger partial charge in [0.05, 0.1) is 10.7 Å². The summed E-state index contributed by atoms with van der Waals surface area (Å²) in [5.41, 5.74) is 5.81. The molecule has 5 heteroatoms. The van der Waals surface area contributed by atoms with E-state index in [1.165, 1.54) is 6.42 Å². The Hall–Kier alpha value is -0.550. The third-order valence-corrected chi connectivity index (χ3v) is 2.83. The molecule has 1 aromatic rings. The van der Waals surface area contributed by atoms with Gasteiger partial charge in [0.1, 0.15) is 5.82 Å². The Morgan fingerprint density at radius 1 is 1.62 bits per heavy atom. The second kappa shape index (κ2) is 3.67. The van der Waals surface area contributed by atoms with E-state index in [4.69, 9.17) is 10.5 Å². The van der Waals surface area contributed by atoms with E-state index < -0.39 is 0 Å². The Morgan fingerprint density at radius 2 is 2.46 bits per heavy atom. The molecule has 0 saturated carbocycles.